The first-order chi connectivity index (χ1) is 6.58. The van der Waals surface area contributed by atoms with Crippen LogP contribution in [-0.2, 0) is 4.79 Å². The Labute approximate surface area is 86.7 Å². The first kappa shape index (κ1) is 10.2. The quantitative estimate of drug-likeness (QED) is 0.639. The second-order valence-corrected chi connectivity index (χ2v) is 5.61. The molecule has 1 atom stereocenters. The molecule has 0 spiro atoms. The zero-order valence-electron chi connectivity index (χ0n) is 9.38. The molecule has 0 aromatic carbocycles. The van der Waals surface area contributed by atoms with Gasteiger partial charge in [-0.25, -0.2) is 0 Å². The third kappa shape index (κ3) is 2.00. The second-order valence-electron chi connectivity index (χ2n) is 5.61. The number of ketones is 1. The summed E-state index contributed by atoms with van der Waals surface area (Å²) >= 11 is 0. The number of carbonyl (C=O) groups is 1. The molecule has 0 aromatic heterocycles. The zero-order valence-corrected chi connectivity index (χ0v) is 9.38. The summed E-state index contributed by atoms with van der Waals surface area (Å²) in [6, 6.07) is 0.269. The van der Waals surface area contributed by atoms with Gasteiger partial charge in [0.05, 0.1) is 6.04 Å². The van der Waals surface area contributed by atoms with Crippen molar-refractivity contribution in [3.8, 4) is 0 Å². The van der Waals surface area contributed by atoms with Crippen LogP contribution in [0.3, 0.4) is 0 Å². The standard InChI is InChI=1S/C12H21NO/c1-12(2)7-8-13(9-12)10-5-3-4-6-11(10)14/h10H,3-9H2,1-2H3. The largest absolute Gasteiger partial charge is 0.298 e. The van der Waals surface area contributed by atoms with E-state index in [4.69, 9.17) is 0 Å². The normalized spacial score (nSPS) is 33.6. The van der Waals surface area contributed by atoms with Gasteiger partial charge < -0.3 is 0 Å². The van der Waals surface area contributed by atoms with E-state index in [1.807, 2.05) is 0 Å². The van der Waals surface area contributed by atoms with Crippen molar-refractivity contribution in [1.82, 2.24) is 4.90 Å². The maximum Gasteiger partial charge on any atom is 0.149 e. The van der Waals surface area contributed by atoms with Crippen molar-refractivity contribution in [2.45, 2.75) is 52.0 Å². The van der Waals surface area contributed by atoms with Gasteiger partial charge in [0.25, 0.3) is 0 Å². The SMILES string of the molecule is CC1(C)CCN(C2CCCCC2=O)C1. The summed E-state index contributed by atoms with van der Waals surface area (Å²) in [5.74, 6) is 0.494. The van der Waals surface area contributed by atoms with Crippen molar-refractivity contribution in [3.63, 3.8) is 0 Å². The Kier molecular flexibility index (Phi) is 2.65. The molecule has 2 fully saturated rings. The Bertz CT molecular complexity index is 234. The highest BCUT2D eigenvalue weighted by Crippen LogP contribution is 2.32. The molecule has 2 heteroatoms. The molecular weight excluding hydrogens is 174 g/mol. The molecule has 2 rings (SSSR count). The average molecular weight is 195 g/mol. The summed E-state index contributed by atoms with van der Waals surface area (Å²) in [6.45, 7) is 6.85. The predicted octanol–water partition coefficient (Wildman–Crippen LogP) is 2.23. The first-order valence-corrected chi connectivity index (χ1v) is 5.85. The minimum atomic E-state index is 0.269. The molecule has 1 unspecified atom stereocenters. The van der Waals surface area contributed by atoms with Gasteiger partial charge in [-0.15, -0.1) is 0 Å². The minimum absolute atomic E-state index is 0.269. The summed E-state index contributed by atoms with van der Waals surface area (Å²) in [5, 5.41) is 0. The molecule has 0 bridgehead atoms. The first-order valence-electron chi connectivity index (χ1n) is 5.85. The van der Waals surface area contributed by atoms with Crippen LogP contribution in [0.2, 0.25) is 0 Å². The second kappa shape index (κ2) is 3.65. The molecule has 1 aliphatic carbocycles. The predicted molar refractivity (Wildman–Crippen MR) is 57.2 cm³/mol. The van der Waals surface area contributed by atoms with Gasteiger partial charge in [-0.3, -0.25) is 9.69 Å². The highest BCUT2D eigenvalue weighted by atomic mass is 16.1. The van der Waals surface area contributed by atoms with E-state index >= 15 is 0 Å². The molecule has 14 heavy (non-hydrogen) atoms. The number of rotatable bonds is 1. The van der Waals surface area contributed by atoms with Gasteiger partial charge in [0.2, 0.25) is 0 Å². The lowest BCUT2D eigenvalue weighted by Gasteiger charge is -2.30. The molecule has 0 radical (unpaired) electrons. The van der Waals surface area contributed by atoms with E-state index in [2.05, 4.69) is 18.7 Å². The third-order valence-corrected chi connectivity index (χ3v) is 3.67. The van der Waals surface area contributed by atoms with Crippen molar-refractivity contribution < 1.29 is 4.79 Å². The molecule has 0 N–H and O–H groups in total. The van der Waals surface area contributed by atoms with Crippen LogP contribution in [0.25, 0.3) is 0 Å². The summed E-state index contributed by atoms with van der Waals surface area (Å²) in [6.07, 6.45) is 5.53. The number of carbonyl (C=O) groups excluding carboxylic acids is 1. The molecule has 1 heterocycles. The average Bonchev–Trinajstić information content (AvgIpc) is 2.47. The molecule has 0 amide bonds. The number of hydrogen-bond acceptors (Lipinski definition) is 2. The maximum absolute atomic E-state index is 11.8. The van der Waals surface area contributed by atoms with Crippen molar-refractivity contribution >= 4 is 5.78 Å². The van der Waals surface area contributed by atoms with Gasteiger partial charge in [0.1, 0.15) is 5.78 Å². The summed E-state index contributed by atoms with van der Waals surface area (Å²) in [5.41, 5.74) is 0.428. The lowest BCUT2D eigenvalue weighted by molar-refractivity contribution is -0.125. The molecule has 1 saturated heterocycles. The number of Topliss-reactive ketones (excluding diaryl/α,β-unsaturated/α-hetero) is 1. The van der Waals surface area contributed by atoms with Gasteiger partial charge >= 0.3 is 0 Å². The van der Waals surface area contributed by atoms with Gasteiger partial charge in [0.15, 0.2) is 0 Å². The number of likely N-dealkylation sites (tertiary alicyclic amines) is 1. The molecule has 2 aliphatic rings. The monoisotopic (exact) mass is 195 g/mol. The highest BCUT2D eigenvalue weighted by molar-refractivity contribution is 5.84. The summed E-state index contributed by atoms with van der Waals surface area (Å²) < 4.78 is 0. The van der Waals surface area contributed by atoms with Crippen LogP contribution in [0.4, 0.5) is 0 Å². The minimum Gasteiger partial charge on any atom is -0.298 e. The summed E-state index contributed by atoms with van der Waals surface area (Å²) in [7, 11) is 0. The maximum atomic E-state index is 11.8. The Morgan fingerprint density at radius 1 is 1.36 bits per heavy atom. The van der Waals surface area contributed by atoms with E-state index in [1.54, 1.807) is 0 Å². The molecule has 1 aliphatic heterocycles. The molecule has 2 nitrogen and oxygen atoms in total. The van der Waals surface area contributed by atoms with Gasteiger partial charge in [0, 0.05) is 13.0 Å². The van der Waals surface area contributed by atoms with E-state index in [0.717, 1.165) is 32.4 Å². The fourth-order valence-corrected chi connectivity index (χ4v) is 2.77. The van der Waals surface area contributed by atoms with Gasteiger partial charge in [-0.05, 0) is 31.2 Å². The lowest BCUT2D eigenvalue weighted by Crippen LogP contribution is -2.42. The molecule has 0 aromatic rings. The van der Waals surface area contributed by atoms with Gasteiger partial charge in [-0.2, -0.15) is 0 Å². The van der Waals surface area contributed by atoms with Crippen LogP contribution in [0.15, 0.2) is 0 Å². The molecular formula is C12H21NO. The van der Waals surface area contributed by atoms with E-state index < -0.39 is 0 Å². The topological polar surface area (TPSA) is 20.3 Å². The Morgan fingerprint density at radius 2 is 2.14 bits per heavy atom. The van der Waals surface area contributed by atoms with Crippen LogP contribution < -0.4 is 0 Å². The zero-order chi connectivity index (χ0) is 10.2. The van der Waals surface area contributed by atoms with Crippen LogP contribution in [0.1, 0.15) is 46.0 Å². The third-order valence-electron chi connectivity index (χ3n) is 3.67. The molecule has 80 valence electrons. The van der Waals surface area contributed by atoms with Crippen molar-refractivity contribution in [2.24, 2.45) is 5.41 Å². The Hall–Kier alpha value is -0.370. The van der Waals surface area contributed by atoms with E-state index in [0.29, 0.717) is 11.2 Å². The van der Waals surface area contributed by atoms with E-state index in [1.165, 1.54) is 12.8 Å². The van der Waals surface area contributed by atoms with Crippen LogP contribution in [-0.4, -0.2) is 29.8 Å². The van der Waals surface area contributed by atoms with Crippen LogP contribution in [0, 0.1) is 5.41 Å². The van der Waals surface area contributed by atoms with Crippen molar-refractivity contribution in [1.29, 1.82) is 0 Å². The van der Waals surface area contributed by atoms with Crippen LogP contribution >= 0.6 is 0 Å². The van der Waals surface area contributed by atoms with E-state index in [9.17, 15) is 4.79 Å². The lowest BCUT2D eigenvalue weighted by atomic mass is 9.91. The van der Waals surface area contributed by atoms with Crippen molar-refractivity contribution in [3.05, 3.63) is 0 Å². The Morgan fingerprint density at radius 3 is 2.71 bits per heavy atom. The molecule has 1 saturated carbocycles. The van der Waals surface area contributed by atoms with Crippen LogP contribution in [0.5, 0.6) is 0 Å². The number of nitrogens with zero attached hydrogens (tertiary/aromatic N) is 1. The highest BCUT2D eigenvalue weighted by Gasteiger charge is 2.36. The van der Waals surface area contributed by atoms with E-state index in [-0.39, 0.29) is 6.04 Å². The Balaban J connectivity index is 1.98. The van der Waals surface area contributed by atoms with Crippen molar-refractivity contribution in [2.75, 3.05) is 13.1 Å². The smallest absolute Gasteiger partial charge is 0.149 e. The fourth-order valence-electron chi connectivity index (χ4n) is 2.77. The van der Waals surface area contributed by atoms with Gasteiger partial charge in [-0.1, -0.05) is 20.3 Å². The number of hydrogen-bond donors (Lipinski definition) is 0. The summed E-state index contributed by atoms with van der Waals surface area (Å²) in [4.78, 5) is 14.2. The fraction of sp³-hybridized carbons (Fsp3) is 0.917.